The number of hydrogen-bond acceptors (Lipinski definition) is 2. The summed E-state index contributed by atoms with van der Waals surface area (Å²) in [6.45, 7) is 8.68. The summed E-state index contributed by atoms with van der Waals surface area (Å²) < 4.78 is 0. The van der Waals surface area contributed by atoms with Crippen LogP contribution in [0, 0.1) is 0 Å². The molecule has 112 valence electrons. The third-order valence-corrected chi connectivity index (χ3v) is 4.83. The fraction of sp³-hybridized carbons (Fsp3) is 0.667. The molecule has 1 aromatic rings. The molecule has 1 fully saturated rings. The SMILES string of the molecule is CC(C)(C)c1cc(CO)c(O)c(C2(C)CCCCC2)c1. The van der Waals surface area contributed by atoms with E-state index in [0.29, 0.717) is 11.3 Å². The van der Waals surface area contributed by atoms with Gasteiger partial charge in [-0.1, -0.05) is 53.0 Å². The third-order valence-electron chi connectivity index (χ3n) is 4.83. The average Bonchev–Trinajstić information content (AvgIpc) is 2.38. The van der Waals surface area contributed by atoms with Gasteiger partial charge < -0.3 is 10.2 Å². The zero-order chi connectivity index (χ0) is 15.0. The second-order valence-corrected chi connectivity index (χ2v) is 7.56. The first kappa shape index (κ1) is 15.4. The van der Waals surface area contributed by atoms with E-state index in [1.54, 1.807) is 0 Å². The third kappa shape index (κ3) is 2.85. The Morgan fingerprint density at radius 2 is 1.70 bits per heavy atom. The van der Waals surface area contributed by atoms with Crippen molar-refractivity contribution in [2.24, 2.45) is 0 Å². The molecule has 2 rings (SSSR count). The molecule has 1 aliphatic rings. The zero-order valence-electron chi connectivity index (χ0n) is 13.3. The van der Waals surface area contributed by atoms with E-state index in [-0.39, 0.29) is 17.4 Å². The molecule has 1 aromatic carbocycles. The van der Waals surface area contributed by atoms with E-state index in [0.717, 1.165) is 18.4 Å². The summed E-state index contributed by atoms with van der Waals surface area (Å²) in [6, 6.07) is 4.12. The highest BCUT2D eigenvalue weighted by Crippen LogP contribution is 2.45. The normalized spacial score (nSPS) is 19.1. The van der Waals surface area contributed by atoms with Gasteiger partial charge in [0.25, 0.3) is 0 Å². The fourth-order valence-electron chi connectivity index (χ4n) is 3.31. The molecular formula is C18H28O2. The van der Waals surface area contributed by atoms with Crippen LogP contribution in [0.3, 0.4) is 0 Å². The lowest BCUT2D eigenvalue weighted by atomic mass is 9.69. The van der Waals surface area contributed by atoms with Crippen LogP contribution >= 0.6 is 0 Å². The quantitative estimate of drug-likeness (QED) is 0.840. The Morgan fingerprint density at radius 1 is 1.10 bits per heavy atom. The van der Waals surface area contributed by atoms with Gasteiger partial charge in [-0.3, -0.25) is 0 Å². The Bertz CT molecular complexity index is 477. The van der Waals surface area contributed by atoms with Crippen LogP contribution in [0.1, 0.15) is 76.5 Å². The zero-order valence-corrected chi connectivity index (χ0v) is 13.3. The van der Waals surface area contributed by atoms with Gasteiger partial charge in [-0.15, -0.1) is 0 Å². The molecule has 20 heavy (non-hydrogen) atoms. The summed E-state index contributed by atoms with van der Waals surface area (Å²) in [5, 5.41) is 20.1. The minimum atomic E-state index is -0.0984. The van der Waals surface area contributed by atoms with E-state index in [1.165, 1.54) is 24.8 Å². The summed E-state index contributed by atoms with van der Waals surface area (Å²) in [4.78, 5) is 0. The maximum atomic E-state index is 10.5. The van der Waals surface area contributed by atoms with Gasteiger partial charge in [0.05, 0.1) is 6.61 Å². The Kier molecular flexibility index (Phi) is 4.15. The maximum Gasteiger partial charge on any atom is 0.124 e. The lowest BCUT2D eigenvalue weighted by Crippen LogP contribution is -2.26. The molecule has 0 spiro atoms. The van der Waals surface area contributed by atoms with E-state index in [1.807, 2.05) is 6.07 Å². The second-order valence-electron chi connectivity index (χ2n) is 7.56. The van der Waals surface area contributed by atoms with Crippen molar-refractivity contribution in [3.8, 4) is 5.75 Å². The predicted molar refractivity (Wildman–Crippen MR) is 83.2 cm³/mol. The van der Waals surface area contributed by atoms with Gasteiger partial charge in [0, 0.05) is 11.1 Å². The predicted octanol–water partition coefficient (Wildman–Crippen LogP) is 4.40. The van der Waals surface area contributed by atoms with Gasteiger partial charge in [-0.25, -0.2) is 0 Å². The first-order valence-corrected chi connectivity index (χ1v) is 7.76. The van der Waals surface area contributed by atoms with Crippen molar-refractivity contribution in [2.45, 2.75) is 77.2 Å². The molecule has 2 heteroatoms. The summed E-state index contributed by atoms with van der Waals surface area (Å²) in [5.74, 6) is 0.310. The van der Waals surface area contributed by atoms with E-state index in [2.05, 4.69) is 33.8 Å². The maximum absolute atomic E-state index is 10.5. The summed E-state index contributed by atoms with van der Waals surface area (Å²) in [6.07, 6.45) is 5.99. The molecule has 0 bridgehead atoms. The van der Waals surface area contributed by atoms with Crippen LogP contribution in [0.5, 0.6) is 5.75 Å². The summed E-state index contributed by atoms with van der Waals surface area (Å²) in [5.41, 5.74) is 2.97. The van der Waals surface area contributed by atoms with Crippen molar-refractivity contribution in [3.05, 3.63) is 28.8 Å². The monoisotopic (exact) mass is 276 g/mol. The molecule has 0 atom stereocenters. The van der Waals surface area contributed by atoms with E-state index in [9.17, 15) is 10.2 Å². The van der Waals surface area contributed by atoms with Crippen molar-refractivity contribution in [1.29, 1.82) is 0 Å². The number of aromatic hydroxyl groups is 1. The Labute approximate surface area is 122 Å². The minimum Gasteiger partial charge on any atom is -0.507 e. The molecule has 1 aliphatic carbocycles. The molecule has 0 heterocycles. The smallest absolute Gasteiger partial charge is 0.124 e. The van der Waals surface area contributed by atoms with Crippen LogP contribution < -0.4 is 0 Å². The minimum absolute atomic E-state index is 0.0252. The van der Waals surface area contributed by atoms with Crippen molar-refractivity contribution < 1.29 is 10.2 Å². The van der Waals surface area contributed by atoms with Gasteiger partial charge in [0.1, 0.15) is 5.75 Å². The van der Waals surface area contributed by atoms with Crippen molar-refractivity contribution in [2.75, 3.05) is 0 Å². The van der Waals surface area contributed by atoms with E-state index < -0.39 is 0 Å². The molecule has 0 unspecified atom stereocenters. The number of aliphatic hydroxyl groups is 1. The average molecular weight is 276 g/mol. The number of benzene rings is 1. The van der Waals surface area contributed by atoms with Crippen LogP contribution in [-0.4, -0.2) is 10.2 Å². The highest BCUT2D eigenvalue weighted by molar-refractivity contribution is 5.49. The van der Waals surface area contributed by atoms with Gasteiger partial charge in [-0.2, -0.15) is 0 Å². The van der Waals surface area contributed by atoms with Crippen molar-refractivity contribution in [1.82, 2.24) is 0 Å². The first-order chi connectivity index (χ1) is 9.28. The molecule has 0 aliphatic heterocycles. The Morgan fingerprint density at radius 3 is 2.20 bits per heavy atom. The summed E-state index contributed by atoms with van der Waals surface area (Å²) in [7, 11) is 0. The van der Waals surface area contributed by atoms with Gasteiger partial charge in [-0.05, 0) is 35.3 Å². The largest absolute Gasteiger partial charge is 0.507 e. The van der Waals surface area contributed by atoms with Crippen molar-refractivity contribution in [3.63, 3.8) is 0 Å². The Balaban J connectivity index is 2.56. The number of aliphatic hydroxyl groups excluding tert-OH is 1. The second kappa shape index (κ2) is 5.40. The molecule has 1 saturated carbocycles. The highest BCUT2D eigenvalue weighted by Gasteiger charge is 2.33. The number of hydrogen-bond donors (Lipinski definition) is 2. The first-order valence-electron chi connectivity index (χ1n) is 7.76. The fourth-order valence-corrected chi connectivity index (χ4v) is 3.31. The lowest BCUT2D eigenvalue weighted by molar-refractivity contribution is 0.269. The molecule has 0 amide bonds. The van der Waals surface area contributed by atoms with Gasteiger partial charge in [0.2, 0.25) is 0 Å². The molecule has 0 radical (unpaired) electrons. The van der Waals surface area contributed by atoms with Gasteiger partial charge >= 0.3 is 0 Å². The lowest BCUT2D eigenvalue weighted by Gasteiger charge is -2.36. The van der Waals surface area contributed by atoms with E-state index in [4.69, 9.17) is 0 Å². The van der Waals surface area contributed by atoms with Crippen LogP contribution in [0.15, 0.2) is 12.1 Å². The molecule has 2 N–H and O–H groups in total. The van der Waals surface area contributed by atoms with Crippen LogP contribution in [0.4, 0.5) is 0 Å². The van der Waals surface area contributed by atoms with Crippen molar-refractivity contribution >= 4 is 0 Å². The standard InChI is InChI=1S/C18H28O2/c1-17(2,3)14-10-13(12-19)16(20)15(11-14)18(4)8-6-5-7-9-18/h10-11,19-20H,5-9,12H2,1-4H3. The summed E-state index contributed by atoms with van der Waals surface area (Å²) >= 11 is 0. The van der Waals surface area contributed by atoms with E-state index >= 15 is 0 Å². The molecule has 0 saturated heterocycles. The van der Waals surface area contributed by atoms with Crippen LogP contribution in [0.25, 0.3) is 0 Å². The number of phenols is 1. The topological polar surface area (TPSA) is 40.5 Å². The van der Waals surface area contributed by atoms with Gasteiger partial charge in [0.15, 0.2) is 0 Å². The highest BCUT2D eigenvalue weighted by atomic mass is 16.3. The molecule has 2 nitrogen and oxygen atoms in total. The van der Waals surface area contributed by atoms with Crippen LogP contribution in [-0.2, 0) is 17.4 Å². The molecular weight excluding hydrogens is 248 g/mol. The Hall–Kier alpha value is -1.02. The van der Waals surface area contributed by atoms with Crippen LogP contribution in [0.2, 0.25) is 0 Å². The number of rotatable bonds is 2. The molecule has 0 aromatic heterocycles.